The molecule has 2 aliphatic rings. The Kier molecular flexibility index (Phi) is 3.42. The maximum Gasteiger partial charge on any atom is 0.282 e. The molecule has 6 nitrogen and oxygen atoms in total. The Morgan fingerprint density at radius 1 is 1.44 bits per heavy atom. The van der Waals surface area contributed by atoms with Crippen molar-refractivity contribution in [1.82, 2.24) is 13.9 Å². The highest BCUT2D eigenvalue weighted by molar-refractivity contribution is 7.86. The van der Waals surface area contributed by atoms with Crippen molar-refractivity contribution in [1.29, 1.82) is 0 Å². The minimum atomic E-state index is -3.47. The molecule has 2 saturated heterocycles. The molecule has 0 aromatic heterocycles. The van der Waals surface area contributed by atoms with Crippen LogP contribution in [0.1, 0.15) is 27.2 Å². The van der Waals surface area contributed by atoms with Crippen molar-refractivity contribution in [2.75, 3.05) is 13.6 Å². The minimum Gasteiger partial charge on any atom is -0.351 e. The number of nitrogens with zero attached hydrogens (tertiary/aromatic N) is 2. The first-order valence-corrected chi connectivity index (χ1v) is 7.71. The molecule has 18 heavy (non-hydrogen) atoms. The molecule has 0 aromatic carbocycles. The second kappa shape index (κ2) is 4.47. The summed E-state index contributed by atoms with van der Waals surface area (Å²) in [7, 11) is -1.89. The van der Waals surface area contributed by atoms with Crippen molar-refractivity contribution < 1.29 is 13.2 Å². The largest absolute Gasteiger partial charge is 0.351 e. The van der Waals surface area contributed by atoms with E-state index in [2.05, 4.69) is 5.32 Å². The number of hydrogen-bond acceptors (Lipinski definition) is 3. The lowest BCUT2D eigenvalue weighted by Gasteiger charge is -2.31. The summed E-state index contributed by atoms with van der Waals surface area (Å²) in [5.74, 6) is -0.315. The van der Waals surface area contributed by atoms with Gasteiger partial charge in [0.05, 0.1) is 12.0 Å². The average Bonchev–Trinajstić information content (AvgIpc) is 2.80. The van der Waals surface area contributed by atoms with E-state index in [0.29, 0.717) is 13.0 Å². The molecule has 2 aliphatic heterocycles. The van der Waals surface area contributed by atoms with Gasteiger partial charge in [-0.3, -0.25) is 4.79 Å². The van der Waals surface area contributed by atoms with Gasteiger partial charge in [0.2, 0.25) is 5.91 Å². The van der Waals surface area contributed by atoms with Crippen LogP contribution in [0.4, 0.5) is 0 Å². The van der Waals surface area contributed by atoms with E-state index in [1.54, 1.807) is 14.0 Å². The molecule has 0 bridgehead atoms. The van der Waals surface area contributed by atoms with Crippen molar-refractivity contribution in [3.05, 3.63) is 0 Å². The Morgan fingerprint density at radius 2 is 2.06 bits per heavy atom. The number of fused-ring (bicyclic) bond motifs is 1. The Balaban J connectivity index is 2.27. The Morgan fingerprint density at radius 3 is 2.61 bits per heavy atom. The fourth-order valence-corrected chi connectivity index (χ4v) is 4.55. The van der Waals surface area contributed by atoms with Crippen LogP contribution in [0.3, 0.4) is 0 Å². The number of hydrogen-bond donors (Lipinski definition) is 1. The lowest BCUT2D eigenvalue weighted by atomic mass is 10.0. The first-order chi connectivity index (χ1) is 8.26. The maximum atomic E-state index is 12.5. The van der Waals surface area contributed by atoms with Gasteiger partial charge in [-0.25, -0.2) is 0 Å². The van der Waals surface area contributed by atoms with Crippen LogP contribution < -0.4 is 5.32 Å². The van der Waals surface area contributed by atoms with Crippen molar-refractivity contribution in [3.8, 4) is 0 Å². The zero-order valence-electron chi connectivity index (χ0n) is 11.3. The lowest BCUT2D eigenvalue weighted by molar-refractivity contribution is -0.122. The third-order valence-corrected chi connectivity index (χ3v) is 6.21. The van der Waals surface area contributed by atoms with Gasteiger partial charge in [-0.05, 0) is 20.3 Å². The van der Waals surface area contributed by atoms with Gasteiger partial charge in [0.15, 0.2) is 0 Å². The maximum absolute atomic E-state index is 12.5. The van der Waals surface area contributed by atoms with Crippen LogP contribution in [0.5, 0.6) is 0 Å². The number of nitrogens with one attached hydrogen (secondary N) is 1. The quantitative estimate of drug-likeness (QED) is 0.774. The smallest absolute Gasteiger partial charge is 0.282 e. The number of carbonyl (C=O) groups excluding carboxylic acids is 1. The van der Waals surface area contributed by atoms with Gasteiger partial charge in [0.25, 0.3) is 10.2 Å². The van der Waals surface area contributed by atoms with E-state index in [1.165, 1.54) is 8.61 Å². The predicted molar refractivity (Wildman–Crippen MR) is 68.0 cm³/mol. The molecule has 104 valence electrons. The molecule has 0 aromatic rings. The molecule has 0 saturated carbocycles. The van der Waals surface area contributed by atoms with Gasteiger partial charge in [0, 0.05) is 25.7 Å². The topological polar surface area (TPSA) is 69.7 Å². The first-order valence-electron chi connectivity index (χ1n) is 6.32. The van der Waals surface area contributed by atoms with Crippen molar-refractivity contribution in [3.63, 3.8) is 0 Å². The van der Waals surface area contributed by atoms with Crippen LogP contribution in [0, 0.1) is 5.92 Å². The zero-order valence-corrected chi connectivity index (χ0v) is 12.1. The van der Waals surface area contributed by atoms with E-state index in [0.717, 1.165) is 0 Å². The highest BCUT2D eigenvalue weighted by Gasteiger charge is 2.51. The van der Waals surface area contributed by atoms with Gasteiger partial charge >= 0.3 is 0 Å². The average molecular weight is 275 g/mol. The molecule has 3 atom stereocenters. The standard InChI is InChI=1S/C11H21N3O3S/c1-7(2)13(4)18(16,17)14-6-5-9-10(14)8(3)11(15)12-9/h7-10H,5-6H2,1-4H3,(H,12,15)/t8-,9-,10+/m0/s1. The molecule has 1 amide bonds. The molecule has 7 heteroatoms. The van der Waals surface area contributed by atoms with Crippen molar-refractivity contribution >= 4 is 16.1 Å². The molecule has 0 spiro atoms. The molecule has 0 unspecified atom stereocenters. The molecule has 1 N–H and O–H groups in total. The van der Waals surface area contributed by atoms with E-state index >= 15 is 0 Å². The summed E-state index contributed by atoms with van der Waals surface area (Å²) in [6.07, 6.45) is 0.700. The molecule has 0 radical (unpaired) electrons. The fourth-order valence-electron chi connectivity index (χ4n) is 2.71. The second-order valence-corrected chi connectivity index (χ2v) is 7.35. The predicted octanol–water partition coefficient (Wildman–Crippen LogP) is -0.220. The summed E-state index contributed by atoms with van der Waals surface area (Å²) >= 11 is 0. The minimum absolute atomic E-state index is 0.0252. The van der Waals surface area contributed by atoms with E-state index in [-0.39, 0.29) is 30.0 Å². The first kappa shape index (κ1) is 13.8. The van der Waals surface area contributed by atoms with Crippen LogP contribution in [0.2, 0.25) is 0 Å². The van der Waals surface area contributed by atoms with E-state index in [1.807, 2.05) is 13.8 Å². The highest BCUT2D eigenvalue weighted by atomic mass is 32.2. The van der Waals surface area contributed by atoms with Crippen molar-refractivity contribution in [2.45, 2.75) is 45.3 Å². The van der Waals surface area contributed by atoms with Crippen LogP contribution in [0.25, 0.3) is 0 Å². The molecule has 0 aliphatic carbocycles. The number of rotatable bonds is 3. The second-order valence-electron chi connectivity index (χ2n) is 5.41. The molecular formula is C11H21N3O3S. The summed E-state index contributed by atoms with van der Waals surface area (Å²) in [5, 5.41) is 2.87. The van der Waals surface area contributed by atoms with Crippen molar-refractivity contribution in [2.24, 2.45) is 5.92 Å². The zero-order chi connectivity index (χ0) is 13.7. The van der Waals surface area contributed by atoms with Gasteiger partial charge in [-0.2, -0.15) is 17.0 Å². The van der Waals surface area contributed by atoms with Crippen LogP contribution in [-0.4, -0.2) is 54.7 Å². The Labute approximate surface area is 109 Å². The van der Waals surface area contributed by atoms with E-state index < -0.39 is 10.2 Å². The fraction of sp³-hybridized carbons (Fsp3) is 0.909. The molecule has 2 fully saturated rings. The SMILES string of the molecule is CC(C)N(C)S(=O)(=O)N1CC[C@@H]2NC(=O)[C@@H](C)[C@H]21. The van der Waals surface area contributed by atoms with Gasteiger partial charge in [-0.1, -0.05) is 6.92 Å². The summed E-state index contributed by atoms with van der Waals surface area (Å²) in [6, 6.07) is -0.346. The third-order valence-electron chi connectivity index (χ3n) is 4.05. The Bertz CT molecular complexity index is 448. The summed E-state index contributed by atoms with van der Waals surface area (Å²) in [6.45, 7) is 5.96. The molecular weight excluding hydrogens is 254 g/mol. The van der Waals surface area contributed by atoms with Gasteiger partial charge < -0.3 is 5.32 Å². The highest BCUT2D eigenvalue weighted by Crippen LogP contribution is 2.33. The normalized spacial score (nSPS) is 33.2. The van der Waals surface area contributed by atoms with E-state index in [9.17, 15) is 13.2 Å². The third kappa shape index (κ3) is 1.94. The Hall–Kier alpha value is -0.660. The van der Waals surface area contributed by atoms with Crippen LogP contribution >= 0.6 is 0 Å². The molecule has 2 rings (SSSR count). The summed E-state index contributed by atoms with van der Waals surface area (Å²) in [4.78, 5) is 11.6. The number of carbonyl (C=O) groups is 1. The van der Waals surface area contributed by atoms with E-state index in [4.69, 9.17) is 0 Å². The number of amides is 1. The molecule has 2 heterocycles. The monoisotopic (exact) mass is 275 g/mol. The summed E-state index contributed by atoms with van der Waals surface area (Å²) < 4.78 is 27.8. The lowest BCUT2D eigenvalue weighted by Crippen LogP contribution is -2.49. The van der Waals surface area contributed by atoms with Gasteiger partial charge in [0.1, 0.15) is 0 Å². The van der Waals surface area contributed by atoms with Crippen LogP contribution in [0.15, 0.2) is 0 Å². The van der Waals surface area contributed by atoms with Crippen LogP contribution in [-0.2, 0) is 15.0 Å². The summed E-state index contributed by atoms with van der Waals surface area (Å²) in [5.41, 5.74) is 0. The van der Waals surface area contributed by atoms with Gasteiger partial charge in [-0.15, -0.1) is 0 Å².